The molecule has 0 rings (SSSR count). The van der Waals surface area contributed by atoms with Gasteiger partial charge in [0.1, 0.15) is 30.5 Å². The molecule has 5 atom stereocenters. The first kappa shape index (κ1) is 18.8. The second kappa shape index (κ2) is 8.56. The predicted molar refractivity (Wildman–Crippen MR) is 47.9 cm³/mol. The fourth-order valence-corrected chi connectivity index (χ4v) is 0.864. The molecule has 0 amide bonds. The van der Waals surface area contributed by atoms with Crippen LogP contribution in [0.5, 0.6) is 0 Å². The molecule has 0 fully saturated rings. The van der Waals surface area contributed by atoms with Crippen LogP contribution in [0, 0.1) is 0 Å². The van der Waals surface area contributed by atoms with Gasteiger partial charge in [0.2, 0.25) is 0 Å². The van der Waals surface area contributed by atoms with Crippen molar-refractivity contribution in [2.24, 2.45) is 0 Å². The number of aliphatic hydroxyl groups excluding tert-OH is 6. The minimum atomic E-state index is -2.40. The Labute approximate surface area is 121 Å². The van der Waals surface area contributed by atoms with Gasteiger partial charge in [0, 0.05) is 0 Å². The quantitative estimate of drug-likeness (QED) is 0.259. The summed E-state index contributed by atoms with van der Waals surface area (Å²) in [5.74, 6) is -2.03. The monoisotopic (exact) mass is 265 g/mol. The van der Waals surface area contributed by atoms with Crippen LogP contribution >= 0.6 is 0 Å². The summed E-state index contributed by atoms with van der Waals surface area (Å²) in [6.45, 7) is -0.896. The van der Waals surface area contributed by atoms with Gasteiger partial charge < -0.3 is 40.5 Å². The molecule has 0 aromatic rings. The number of aliphatic hydroxyl groups is 6. The van der Waals surface area contributed by atoms with E-state index >= 15 is 0 Å². The van der Waals surface area contributed by atoms with Crippen molar-refractivity contribution >= 4 is 43.7 Å². The van der Waals surface area contributed by atoms with E-state index < -0.39 is 43.1 Å². The van der Waals surface area contributed by atoms with Crippen LogP contribution in [0.2, 0.25) is 0 Å². The molecule has 0 saturated heterocycles. The van der Waals surface area contributed by atoms with E-state index in [9.17, 15) is 9.90 Å². The summed E-state index contributed by atoms with van der Waals surface area (Å²) < 4.78 is 0. The Morgan fingerprint density at radius 3 is 1.75 bits per heavy atom. The number of aliphatic carboxylic acids is 1. The van der Waals surface area contributed by atoms with Gasteiger partial charge in [0.25, 0.3) is 0 Å². The average Bonchev–Trinajstić information content (AvgIpc) is 2.23. The zero-order valence-corrected chi connectivity index (χ0v) is 10.5. The first-order valence-electron chi connectivity index (χ1n) is 4.05. The number of carboxylic acids is 1. The largest absolute Gasteiger partial charge is 2.00 e. The van der Waals surface area contributed by atoms with Crippen molar-refractivity contribution in [1.82, 2.24) is 0 Å². The maximum atomic E-state index is 10.1. The van der Waals surface area contributed by atoms with Crippen LogP contribution < -0.4 is 5.11 Å². The van der Waals surface area contributed by atoms with Gasteiger partial charge in [0.05, 0.1) is 12.6 Å². The van der Waals surface area contributed by atoms with Gasteiger partial charge in [-0.15, -0.1) is 0 Å². The molecule has 0 aliphatic heterocycles. The maximum Gasteiger partial charge on any atom is 2.00 e. The number of hydrogen-bond donors (Lipinski definition) is 6. The molecular weight excluding hydrogens is 252 g/mol. The van der Waals surface area contributed by atoms with E-state index in [2.05, 4.69) is 0 Å². The molecule has 0 spiro atoms. The third-order valence-electron chi connectivity index (χ3n) is 1.85. The smallest absolute Gasteiger partial charge is 0.547 e. The van der Waals surface area contributed by atoms with E-state index in [0.717, 1.165) is 0 Å². The Morgan fingerprint density at radius 2 is 1.44 bits per heavy atom. The van der Waals surface area contributed by atoms with Crippen LogP contribution in [0.15, 0.2) is 0 Å². The summed E-state index contributed by atoms with van der Waals surface area (Å²) in [4.78, 5) is 10.1. The van der Waals surface area contributed by atoms with E-state index in [-0.39, 0.29) is 37.7 Å². The minimum absolute atomic E-state index is 0. The third kappa shape index (κ3) is 5.21. The van der Waals surface area contributed by atoms with Crippen molar-refractivity contribution in [1.29, 1.82) is 0 Å². The maximum absolute atomic E-state index is 10.1. The number of carbonyl (C=O) groups is 1. The van der Waals surface area contributed by atoms with E-state index in [0.29, 0.717) is 0 Å². The number of rotatable bonds is 6. The molecule has 9 heteroatoms. The molecule has 0 aliphatic carbocycles. The molecule has 0 aliphatic rings. The zero-order valence-electron chi connectivity index (χ0n) is 8.30. The number of carbonyl (C=O) groups excluding carboxylic acids is 1. The Kier molecular flexibility index (Phi) is 10.1. The molecule has 0 unspecified atom stereocenters. The van der Waals surface area contributed by atoms with E-state index in [1.165, 1.54) is 0 Å². The second-order valence-corrected chi connectivity index (χ2v) is 2.99. The molecule has 16 heavy (non-hydrogen) atoms. The molecule has 6 N–H and O–H groups in total. The molecule has 0 aromatic heterocycles. The Morgan fingerprint density at radius 1 is 1.00 bits per heavy atom. The molecule has 0 radical (unpaired) electrons. The van der Waals surface area contributed by atoms with E-state index in [4.69, 9.17) is 30.6 Å². The first-order valence-corrected chi connectivity index (χ1v) is 4.05. The predicted octanol–water partition coefficient (Wildman–Crippen LogP) is -5.85. The summed E-state index contributed by atoms with van der Waals surface area (Å²) in [6, 6.07) is 0. The van der Waals surface area contributed by atoms with Gasteiger partial charge in [-0.3, -0.25) is 0 Å². The zero-order chi connectivity index (χ0) is 12.2. The molecular formula is C7H13CaO8+. The topological polar surface area (TPSA) is 162 Å². The summed E-state index contributed by atoms with van der Waals surface area (Å²) in [5, 5.41) is 63.2. The Hall–Kier alpha value is 0.490. The molecule has 8 nitrogen and oxygen atoms in total. The fourth-order valence-electron chi connectivity index (χ4n) is 0.864. The van der Waals surface area contributed by atoms with Gasteiger partial charge in [-0.1, -0.05) is 0 Å². The van der Waals surface area contributed by atoms with Crippen LogP contribution in [-0.4, -0.2) is 111 Å². The molecule has 90 valence electrons. The third-order valence-corrected chi connectivity index (χ3v) is 1.85. The number of carboxylic acid groups (broad SMARTS) is 1. The van der Waals surface area contributed by atoms with Crippen molar-refractivity contribution in [3.05, 3.63) is 0 Å². The van der Waals surface area contributed by atoms with Crippen molar-refractivity contribution in [3.8, 4) is 0 Å². The first-order chi connectivity index (χ1) is 6.82. The molecule has 0 bridgehead atoms. The van der Waals surface area contributed by atoms with Crippen molar-refractivity contribution < 1.29 is 40.5 Å². The molecule has 0 heterocycles. The average molecular weight is 265 g/mol. The van der Waals surface area contributed by atoms with Crippen molar-refractivity contribution in [2.45, 2.75) is 30.5 Å². The van der Waals surface area contributed by atoms with Gasteiger partial charge >= 0.3 is 37.7 Å². The van der Waals surface area contributed by atoms with Crippen molar-refractivity contribution in [2.75, 3.05) is 6.61 Å². The van der Waals surface area contributed by atoms with Gasteiger partial charge in [-0.05, 0) is 0 Å². The molecule has 0 aromatic carbocycles. The summed E-state index contributed by atoms with van der Waals surface area (Å²) >= 11 is 0. The summed E-state index contributed by atoms with van der Waals surface area (Å²) in [7, 11) is 0. The van der Waals surface area contributed by atoms with Crippen molar-refractivity contribution in [3.63, 3.8) is 0 Å². The van der Waals surface area contributed by atoms with Gasteiger partial charge in [0.15, 0.2) is 0 Å². The fraction of sp³-hybridized carbons (Fsp3) is 0.857. The normalized spacial score (nSPS) is 20.1. The van der Waals surface area contributed by atoms with Crippen LogP contribution in [0.25, 0.3) is 0 Å². The number of hydrogen-bond acceptors (Lipinski definition) is 8. The van der Waals surface area contributed by atoms with Crippen LogP contribution in [0.4, 0.5) is 0 Å². The van der Waals surface area contributed by atoms with E-state index in [1.54, 1.807) is 0 Å². The Balaban J connectivity index is 0. The standard InChI is InChI=1S/C7H14O8.Ca/c8-1-2(9)3(10)4(11)5(12)6(13)7(14)15;/h2-6,8-13H,1H2,(H,14,15);/q;+2/p-1/t2-,3-,4+,5-,6+;/m1./s1. The van der Waals surface area contributed by atoms with E-state index in [1.807, 2.05) is 0 Å². The van der Waals surface area contributed by atoms with Gasteiger partial charge in [-0.25, -0.2) is 0 Å². The Bertz CT molecular complexity index is 213. The minimum Gasteiger partial charge on any atom is -0.547 e. The summed E-state index contributed by atoms with van der Waals surface area (Å²) in [5.41, 5.74) is 0. The van der Waals surface area contributed by atoms with Gasteiger partial charge in [-0.2, -0.15) is 0 Å². The molecule has 0 saturated carbocycles. The second-order valence-electron chi connectivity index (χ2n) is 2.99. The van der Waals surface area contributed by atoms with Crippen LogP contribution in [-0.2, 0) is 4.79 Å². The van der Waals surface area contributed by atoms with Crippen LogP contribution in [0.3, 0.4) is 0 Å². The SMILES string of the molecule is O=C([O-])[C@@H](O)[C@H](O)[C@@H](O)[C@H](O)[C@H](O)CO.[Ca+2]. The van der Waals surface area contributed by atoms with Crippen LogP contribution in [0.1, 0.15) is 0 Å². The summed E-state index contributed by atoms with van der Waals surface area (Å²) in [6.07, 6.45) is -10.5.